The molecule has 1 heterocycles. The lowest BCUT2D eigenvalue weighted by atomic mass is 10.2. The summed E-state index contributed by atoms with van der Waals surface area (Å²) in [5.74, 6) is 0.558. The fourth-order valence-corrected chi connectivity index (χ4v) is 0.641. The lowest BCUT2D eigenvalue weighted by Gasteiger charge is -1.93. The zero-order valence-corrected chi connectivity index (χ0v) is 6.53. The third kappa shape index (κ3) is 1.80. The number of carbonyl (C=O) groups is 1. The van der Waals surface area contributed by atoms with Gasteiger partial charge < -0.3 is 0 Å². The van der Waals surface area contributed by atoms with Crippen LogP contribution in [-0.2, 0) is 0 Å². The number of carbonyl (C=O) groups excluding carboxylic acids is 1. The van der Waals surface area contributed by atoms with Gasteiger partial charge in [-0.15, -0.1) is 10.2 Å². The molecular weight excluding hydrogens is 142 g/mol. The quantitative estimate of drug-likeness (QED) is 0.586. The summed E-state index contributed by atoms with van der Waals surface area (Å²) in [5, 5.41) is 7.35. The highest BCUT2D eigenvalue weighted by Gasteiger charge is 2.04. The molecule has 1 rings (SSSR count). The summed E-state index contributed by atoms with van der Waals surface area (Å²) in [6.07, 6.45) is 1.90. The molecule has 11 heavy (non-hydrogen) atoms. The molecule has 0 aliphatic heterocycles. The van der Waals surface area contributed by atoms with E-state index >= 15 is 0 Å². The predicted octanol–water partition coefficient (Wildman–Crippen LogP) is 0.773. The Morgan fingerprint density at radius 1 is 1.55 bits per heavy atom. The zero-order valence-electron chi connectivity index (χ0n) is 6.53. The fourth-order valence-electron chi connectivity index (χ4n) is 0.641. The molecular formula is C7H9N3O. The van der Waals surface area contributed by atoms with Crippen molar-refractivity contribution in [3.8, 4) is 0 Å². The van der Waals surface area contributed by atoms with Crippen LogP contribution in [0.2, 0.25) is 0 Å². The molecule has 0 saturated carbocycles. The van der Waals surface area contributed by atoms with Crippen molar-refractivity contribution in [3.05, 3.63) is 17.7 Å². The van der Waals surface area contributed by atoms with Crippen LogP contribution in [0.3, 0.4) is 0 Å². The highest BCUT2D eigenvalue weighted by atomic mass is 16.1. The van der Waals surface area contributed by atoms with Gasteiger partial charge in [0.1, 0.15) is 11.5 Å². The minimum Gasteiger partial charge on any atom is -0.292 e. The topological polar surface area (TPSA) is 55.7 Å². The van der Waals surface area contributed by atoms with Gasteiger partial charge in [-0.2, -0.15) is 0 Å². The van der Waals surface area contributed by atoms with Gasteiger partial charge in [0, 0.05) is 6.42 Å². The number of Topliss-reactive ketones (excluding diaryl/α,β-unsaturated/α-hetero) is 1. The van der Waals surface area contributed by atoms with E-state index in [1.807, 2.05) is 0 Å². The normalized spacial score (nSPS) is 9.64. The molecule has 0 amide bonds. The Labute approximate surface area is 64.7 Å². The van der Waals surface area contributed by atoms with Gasteiger partial charge >= 0.3 is 0 Å². The summed E-state index contributed by atoms with van der Waals surface area (Å²) < 4.78 is 0. The van der Waals surface area contributed by atoms with E-state index in [0.717, 1.165) is 0 Å². The highest BCUT2D eigenvalue weighted by Crippen LogP contribution is 1.95. The van der Waals surface area contributed by atoms with Crippen LogP contribution in [0.1, 0.15) is 29.7 Å². The second kappa shape index (κ2) is 3.18. The first kappa shape index (κ1) is 7.78. The first-order valence-corrected chi connectivity index (χ1v) is 3.43. The Bertz CT molecular complexity index is 255. The van der Waals surface area contributed by atoms with Gasteiger partial charge in [0.15, 0.2) is 5.78 Å². The number of ketones is 1. The number of hydrogen-bond donors (Lipinski definition) is 0. The maximum Gasteiger partial charge on any atom is 0.184 e. The van der Waals surface area contributed by atoms with Crippen LogP contribution in [-0.4, -0.2) is 21.0 Å². The van der Waals surface area contributed by atoms with Crippen LogP contribution in [0.5, 0.6) is 0 Å². The molecule has 1 aromatic rings. The number of aryl methyl sites for hydroxylation is 1. The minimum atomic E-state index is -0.0231. The summed E-state index contributed by atoms with van der Waals surface area (Å²) >= 11 is 0. The molecule has 0 radical (unpaired) electrons. The van der Waals surface area contributed by atoms with Crippen LogP contribution in [0.4, 0.5) is 0 Å². The second-order valence-electron chi connectivity index (χ2n) is 2.17. The highest BCUT2D eigenvalue weighted by molar-refractivity contribution is 5.93. The van der Waals surface area contributed by atoms with Crippen molar-refractivity contribution in [1.82, 2.24) is 15.2 Å². The molecule has 0 aliphatic rings. The Kier molecular flexibility index (Phi) is 2.25. The Hall–Kier alpha value is -1.32. The standard InChI is InChI=1S/C7H9N3O/c1-3-7(11)6-4-8-5(2)9-10-6/h4H,3H2,1-2H3. The molecule has 0 bridgehead atoms. The molecule has 4 nitrogen and oxygen atoms in total. The number of hydrogen-bond acceptors (Lipinski definition) is 4. The smallest absolute Gasteiger partial charge is 0.184 e. The van der Waals surface area contributed by atoms with Gasteiger partial charge in [0.05, 0.1) is 6.20 Å². The lowest BCUT2D eigenvalue weighted by Crippen LogP contribution is -2.03. The molecule has 0 aromatic carbocycles. The Balaban J connectivity index is 2.90. The second-order valence-corrected chi connectivity index (χ2v) is 2.17. The van der Waals surface area contributed by atoms with Gasteiger partial charge in [-0.05, 0) is 6.92 Å². The van der Waals surface area contributed by atoms with Crippen molar-refractivity contribution in [2.45, 2.75) is 20.3 Å². The zero-order chi connectivity index (χ0) is 8.27. The maximum atomic E-state index is 11.0. The third-order valence-electron chi connectivity index (χ3n) is 1.28. The van der Waals surface area contributed by atoms with Gasteiger partial charge in [-0.1, -0.05) is 6.92 Å². The fraction of sp³-hybridized carbons (Fsp3) is 0.429. The van der Waals surface area contributed by atoms with Crippen molar-refractivity contribution in [1.29, 1.82) is 0 Å². The summed E-state index contributed by atoms with van der Waals surface area (Å²) in [5.41, 5.74) is 0.345. The summed E-state index contributed by atoms with van der Waals surface area (Å²) in [6.45, 7) is 3.51. The largest absolute Gasteiger partial charge is 0.292 e. The van der Waals surface area contributed by atoms with E-state index in [4.69, 9.17) is 0 Å². The van der Waals surface area contributed by atoms with Crippen LogP contribution in [0.25, 0.3) is 0 Å². The molecule has 0 fully saturated rings. The average molecular weight is 151 g/mol. The third-order valence-corrected chi connectivity index (χ3v) is 1.28. The van der Waals surface area contributed by atoms with E-state index < -0.39 is 0 Å². The molecule has 0 aliphatic carbocycles. The van der Waals surface area contributed by atoms with E-state index in [1.54, 1.807) is 13.8 Å². The minimum absolute atomic E-state index is 0.0231. The summed E-state index contributed by atoms with van der Waals surface area (Å²) in [7, 11) is 0. The molecule has 0 N–H and O–H groups in total. The molecule has 1 aromatic heterocycles. The van der Waals surface area contributed by atoms with Gasteiger partial charge in [-0.3, -0.25) is 4.79 Å². The first-order chi connectivity index (χ1) is 5.24. The Morgan fingerprint density at radius 2 is 2.27 bits per heavy atom. The molecule has 58 valence electrons. The van der Waals surface area contributed by atoms with E-state index in [2.05, 4.69) is 15.2 Å². The van der Waals surface area contributed by atoms with Crippen molar-refractivity contribution < 1.29 is 4.79 Å². The summed E-state index contributed by atoms with van der Waals surface area (Å²) in [6, 6.07) is 0. The van der Waals surface area contributed by atoms with Crippen molar-refractivity contribution in [2.24, 2.45) is 0 Å². The van der Waals surface area contributed by atoms with E-state index in [1.165, 1.54) is 6.20 Å². The molecule has 4 heteroatoms. The summed E-state index contributed by atoms with van der Waals surface area (Å²) in [4.78, 5) is 14.8. The van der Waals surface area contributed by atoms with Crippen molar-refractivity contribution in [3.63, 3.8) is 0 Å². The SMILES string of the molecule is CCC(=O)c1cnc(C)nn1. The number of aromatic nitrogens is 3. The van der Waals surface area contributed by atoms with Crippen molar-refractivity contribution >= 4 is 5.78 Å². The lowest BCUT2D eigenvalue weighted by molar-refractivity contribution is 0.0982. The number of rotatable bonds is 2. The van der Waals surface area contributed by atoms with Crippen molar-refractivity contribution in [2.75, 3.05) is 0 Å². The number of nitrogens with zero attached hydrogens (tertiary/aromatic N) is 3. The van der Waals surface area contributed by atoms with Gasteiger partial charge in [-0.25, -0.2) is 4.98 Å². The first-order valence-electron chi connectivity index (χ1n) is 3.43. The maximum absolute atomic E-state index is 11.0. The predicted molar refractivity (Wildman–Crippen MR) is 39.2 cm³/mol. The van der Waals surface area contributed by atoms with E-state index in [0.29, 0.717) is 17.9 Å². The van der Waals surface area contributed by atoms with Crippen LogP contribution >= 0.6 is 0 Å². The van der Waals surface area contributed by atoms with Gasteiger partial charge in [0.2, 0.25) is 0 Å². The van der Waals surface area contributed by atoms with Crippen LogP contribution in [0.15, 0.2) is 6.20 Å². The Morgan fingerprint density at radius 3 is 2.73 bits per heavy atom. The average Bonchev–Trinajstić information content (AvgIpc) is 2.05. The molecule has 0 saturated heterocycles. The van der Waals surface area contributed by atoms with Crippen LogP contribution in [0, 0.1) is 6.92 Å². The van der Waals surface area contributed by atoms with Crippen LogP contribution < -0.4 is 0 Å². The molecule has 0 spiro atoms. The van der Waals surface area contributed by atoms with E-state index in [-0.39, 0.29) is 5.78 Å². The van der Waals surface area contributed by atoms with Gasteiger partial charge in [0.25, 0.3) is 0 Å². The van der Waals surface area contributed by atoms with E-state index in [9.17, 15) is 4.79 Å². The molecule has 0 atom stereocenters. The monoisotopic (exact) mass is 151 g/mol. The molecule has 0 unspecified atom stereocenters.